The van der Waals surface area contributed by atoms with E-state index in [0.29, 0.717) is 0 Å². The molecular weight excluding hydrogens is 126 g/mol. The van der Waals surface area contributed by atoms with Crippen LogP contribution in [0.3, 0.4) is 0 Å². The van der Waals surface area contributed by atoms with Crippen molar-refractivity contribution in [3.63, 3.8) is 0 Å². The third-order valence-electron chi connectivity index (χ3n) is 0.368. The summed E-state index contributed by atoms with van der Waals surface area (Å²) in [4.78, 5) is 9.84. The fourth-order valence-electron chi connectivity index (χ4n) is 0.0833. The monoisotopic (exact) mass is 132 g/mol. The average molecular weight is 132 g/mol. The number of ether oxygens (including phenoxy) is 1. The molecule has 0 aromatic rings. The SMILES string of the molecule is C=CC(=O)OC.[Na].[Na]. The molecule has 0 amide bonds. The Kier molecular flexibility index (Phi) is 22.3. The van der Waals surface area contributed by atoms with Gasteiger partial charge in [0.05, 0.1) is 7.11 Å². The van der Waals surface area contributed by atoms with Gasteiger partial charge in [-0.25, -0.2) is 4.79 Å². The second-order valence-electron chi connectivity index (χ2n) is 0.727. The first-order valence-corrected chi connectivity index (χ1v) is 1.51. The molecule has 0 bridgehead atoms. The number of methoxy groups -OCH3 is 1. The van der Waals surface area contributed by atoms with E-state index in [4.69, 9.17) is 0 Å². The minimum atomic E-state index is -0.394. The molecule has 0 saturated carbocycles. The normalized spacial score (nSPS) is 5.12. The quantitative estimate of drug-likeness (QED) is 0.275. The first kappa shape index (κ1) is 16.1. The molecule has 0 aromatic heterocycles. The van der Waals surface area contributed by atoms with Gasteiger partial charge in [0.15, 0.2) is 0 Å². The summed E-state index contributed by atoms with van der Waals surface area (Å²) in [7, 11) is 1.31. The van der Waals surface area contributed by atoms with E-state index in [2.05, 4.69) is 11.3 Å². The maximum Gasteiger partial charge on any atom is 0.329 e. The second kappa shape index (κ2) is 11.1. The van der Waals surface area contributed by atoms with Crippen molar-refractivity contribution in [3.8, 4) is 0 Å². The smallest absolute Gasteiger partial charge is 0.329 e. The predicted octanol–water partition coefficient (Wildman–Crippen LogP) is -0.416. The third kappa shape index (κ3) is 10.2. The fraction of sp³-hybridized carbons (Fsp3) is 0.250. The van der Waals surface area contributed by atoms with Gasteiger partial charge in [-0.05, 0) is 0 Å². The van der Waals surface area contributed by atoms with Crippen molar-refractivity contribution in [3.05, 3.63) is 12.7 Å². The molecule has 4 heteroatoms. The van der Waals surface area contributed by atoms with Crippen molar-refractivity contribution in [1.82, 2.24) is 0 Å². The van der Waals surface area contributed by atoms with Gasteiger partial charge in [0.1, 0.15) is 0 Å². The molecular formula is C4H6Na2O2. The minimum absolute atomic E-state index is 0. The summed E-state index contributed by atoms with van der Waals surface area (Å²) in [5.74, 6) is -0.394. The van der Waals surface area contributed by atoms with Crippen molar-refractivity contribution in [2.45, 2.75) is 0 Å². The van der Waals surface area contributed by atoms with Crippen LogP contribution in [0.4, 0.5) is 0 Å². The van der Waals surface area contributed by atoms with Crippen molar-refractivity contribution in [2.24, 2.45) is 0 Å². The van der Waals surface area contributed by atoms with Crippen LogP contribution in [0.5, 0.6) is 0 Å². The predicted molar refractivity (Wildman–Crippen MR) is 33.7 cm³/mol. The fourth-order valence-corrected chi connectivity index (χ4v) is 0.0833. The summed E-state index contributed by atoms with van der Waals surface area (Å²) in [6, 6.07) is 0. The number of carbonyl (C=O) groups excluding carboxylic acids is 1. The summed E-state index contributed by atoms with van der Waals surface area (Å²) >= 11 is 0. The van der Waals surface area contributed by atoms with Crippen LogP contribution in [0.25, 0.3) is 0 Å². The molecule has 0 spiro atoms. The number of hydrogen-bond acceptors (Lipinski definition) is 2. The Hall–Kier alpha value is 1.21. The Morgan fingerprint density at radius 2 is 2.00 bits per heavy atom. The molecule has 0 aromatic carbocycles. The largest absolute Gasteiger partial charge is 0.466 e. The summed E-state index contributed by atoms with van der Waals surface area (Å²) in [5.41, 5.74) is 0. The number of esters is 1. The Morgan fingerprint density at radius 3 is 2.00 bits per heavy atom. The van der Waals surface area contributed by atoms with Crippen LogP contribution in [0, 0.1) is 0 Å². The molecule has 0 atom stereocenters. The van der Waals surface area contributed by atoms with Gasteiger partial charge in [0.25, 0.3) is 0 Å². The van der Waals surface area contributed by atoms with Crippen LogP contribution < -0.4 is 0 Å². The second-order valence-corrected chi connectivity index (χ2v) is 0.727. The summed E-state index contributed by atoms with van der Waals surface area (Å²) in [6.07, 6.45) is 1.11. The molecule has 8 heavy (non-hydrogen) atoms. The maximum absolute atomic E-state index is 9.84. The van der Waals surface area contributed by atoms with Gasteiger partial charge in [-0.15, -0.1) is 0 Å². The summed E-state index contributed by atoms with van der Waals surface area (Å²) in [5, 5.41) is 0. The molecule has 0 unspecified atom stereocenters. The van der Waals surface area contributed by atoms with Gasteiger partial charge in [-0.2, -0.15) is 0 Å². The zero-order valence-corrected chi connectivity index (χ0v) is 9.60. The Labute approximate surface area is 93.2 Å². The topological polar surface area (TPSA) is 26.3 Å². The van der Waals surface area contributed by atoms with Crippen LogP contribution in [0.2, 0.25) is 0 Å². The van der Waals surface area contributed by atoms with Crippen LogP contribution in [-0.4, -0.2) is 72.2 Å². The molecule has 0 fully saturated rings. The molecule has 36 valence electrons. The van der Waals surface area contributed by atoms with Crippen LogP contribution in [0.15, 0.2) is 12.7 Å². The van der Waals surface area contributed by atoms with Crippen LogP contribution in [-0.2, 0) is 9.53 Å². The Bertz CT molecular complexity index is 72.4. The van der Waals surface area contributed by atoms with E-state index in [0.717, 1.165) is 6.08 Å². The zero-order valence-electron chi connectivity index (χ0n) is 5.60. The molecule has 2 nitrogen and oxygen atoms in total. The van der Waals surface area contributed by atoms with E-state index in [-0.39, 0.29) is 59.1 Å². The van der Waals surface area contributed by atoms with Crippen LogP contribution in [0.1, 0.15) is 0 Å². The zero-order chi connectivity index (χ0) is 4.99. The van der Waals surface area contributed by atoms with Crippen LogP contribution >= 0.6 is 0 Å². The molecule has 0 aliphatic rings. The molecule has 2 radical (unpaired) electrons. The van der Waals surface area contributed by atoms with E-state index in [9.17, 15) is 4.79 Å². The minimum Gasteiger partial charge on any atom is -0.466 e. The van der Waals surface area contributed by atoms with E-state index < -0.39 is 5.97 Å². The average Bonchev–Trinajstić information content (AvgIpc) is 1.65. The molecule has 0 heterocycles. The van der Waals surface area contributed by atoms with Gasteiger partial charge >= 0.3 is 5.97 Å². The first-order chi connectivity index (χ1) is 2.81. The van der Waals surface area contributed by atoms with Crippen molar-refractivity contribution >= 4 is 65.1 Å². The molecule has 0 aliphatic heterocycles. The molecule has 0 N–H and O–H groups in total. The van der Waals surface area contributed by atoms with Gasteiger partial charge < -0.3 is 4.74 Å². The standard InChI is InChI=1S/C4H6O2.2Na/c1-3-4(5)6-2;;/h3H,1H2,2H3;;. The number of rotatable bonds is 1. The molecule has 0 saturated heterocycles. The molecule has 0 aliphatic carbocycles. The third-order valence-corrected chi connectivity index (χ3v) is 0.368. The van der Waals surface area contributed by atoms with Gasteiger partial charge in [-0.1, -0.05) is 6.58 Å². The Balaban J connectivity index is -0.000000125. The summed E-state index contributed by atoms with van der Waals surface area (Å²) in [6.45, 7) is 3.16. The number of hydrogen-bond donors (Lipinski definition) is 0. The van der Waals surface area contributed by atoms with Crippen molar-refractivity contribution in [2.75, 3.05) is 7.11 Å². The van der Waals surface area contributed by atoms with E-state index >= 15 is 0 Å². The Morgan fingerprint density at radius 1 is 1.62 bits per heavy atom. The van der Waals surface area contributed by atoms with Crippen molar-refractivity contribution < 1.29 is 9.53 Å². The van der Waals surface area contributed by atoms with Crippen molar-refractivity contribution in [1.29, 1.82) is 0 Å². The van der Waals surface area contributed by atoms with E-state index in [1.54, 1.807) is 0 Å². The first-order valence-electron chi connectivity index (χ1n) is 1.51. The maximum atomic E-state index is 9.84. The number of carbonyl (C=O) groups is 1. The van der Waals surface area contributed by atoms with Gasteiger partial charge in [-0.3, -0.25) is 0 Å². The van der Waals surface area contributed by atoms with E-state index in [1.807, 2.05) is 0 Å². The van der Waals surface area contributed by atoms with Gasteiger partial charge in [0, 0.05) is 65.2 Å². The molecule has 0 rings (SSSR count). The van der Waals surface area contributed by atoms with Gasteiger partial charge in [0.2, 0.25) is 0 Å². The van der Waals surface area contributed by atoms with E-state index in [1.165, 1.54) is 7.11 Å². The summed E-state index contributed by atoms with van der Waals surface area (Å²) < 4.78 is 4.14.